The first-order chi connectivity index (χ1) is 2.77. The van der Waals surface area contributed by atoms with Crippen molar-refractivity contribution < 1.29 is 0 Å². The molecule has 0 radical (unpaired) electrons. The molecule has 0 saturated carbocycles. The molecule has 1 atom stereocenters. The van der Waals surface area contributed by atoms with Crippen molar-refractivity contribution in [2.75, 3.05) is 0 Å². The van der Waals surface area contributed by atoms with Crippen LogP contribution in [0.2, 0.25) is 6.32 Å². The Kier molecular flexibility index (Phi) is 3.24. The molecule has 0 bridgehead atoms. The van der Waals surface area contributed by atoms with Crippen LogP contribution in [0.1, 0.15) is 13.3 Å². The molecular weight excluding hydrogens is 72.9 g/mol. The van der Waals surface area contributed by atoms with Crippen molar-refractivity contribution in [3.8, 4) is 0 Å². The quantitative estimate of drug-likeness (QED) is 0.460. The Bertz CT molecular complexity index is 28.7. The average Bonchev–Trinajstić information content (AvgIpc) is 1.35. The summed E-state index contributed by atoms with van der Waals surface area (Å²) in [5.74, 6) is 0. The fraction of sp³-hybridized carbons (Fsp3) is 1.00. The van der Waals surface area contributed by atoms with Crippen LogP contribution in [0.4, 0.5) is 0 Å². The van der Waals surface area contributed by atoms with E-state index in [1.54, 1.807) is 0 Å². The van der Waals surface area contributed by atoms with Gasteiger partial charge in [-0.1, -0.05) is 13.2 Å². The third-order valence-electron chi connectivity index (χ3n) is 0.744. The number of rotatable bonds is 2. The van der Waals surface area contributed by atoms with Crippen molar-refractivity contribution in [2.24, 2.45) is 5.73 Å². The fourth-order valence-corrected chi connectivity index (χ4v) is 0.455. The van der Waals surface area contributed by atoms with E-state index in [9.17, 15) is 0 Å². The van der Waals surface area contributed by atoms with Crippen LogP contribution in [-0.2, 0) is 0 Å². The van der Waals surface area contributed by atoms with Crippen LogP contribution in [0.3, 0.4) is 0 Å². The first kappa shape index (κ1) is 6.02. The van der Waals surface area contributed by atoms with Gasteiger partial charge in [-0.3, -0.25) is 0 Å². The highest BCUT2D eigenvalue weighted by Gasteiger charge is 1.85. The molecule has 2 N–H and O–H groups in total. The van der Waals surface area contributed by atoms with Crippen LogP contribution < -0.4 is 5.73 Å². The molecule has 0 aromatic heterocycles. The molecule has 1 unspecified atom stereocenters. The normalized spacial score (nSPS) is 14.3. The third kappa shape index (κ3) is 4.02. The number of hydrogen-bond acceptors (Lipinski definition) is 1. The second-order valence-corrected chi connectivity index (χ2v) is 1.77. The molecule has 0 aromatic carbocycles. The highest BCUT2D eigenvalue weighted by Crippen LogP contribution is 1.86. The number of nitrogens with two attached hydrogens (primary N) is 1. The summed E-state index contributed by atoms with van der Waals surface area (Å²) in [7, 11) is 2.14. The van der Waals surface area contributed by atoms with Crippen LogP contribution >= 0.6 is 0 Å². The molecule has 0 aliphatic carbocycles. The smallest absolute Gasteiger partial charge is 0.101 e. The molecule has 6 heavy (non-hydrogen) atoms. The highest BCUT2D eigenvalue weighted by atomic mass is 14.6. The maximum Gasteiger partial charge on any atom is 0.101 e. The summed E-state index contributed by atoms with van der Waals surface area (Å²) < 4.78 is 0. The molecule has 1 nitrogen and oxygen atoms in total. The van der Waals surface area contributed by atoms with E-state index >= 15 is 0 Å². The van der Waals surface area contributed by atoms with E-state index in [-0.39, 0.29) is 0 Å². The second-order valence-electron chi connectivity index (χ2n) is 1.77. The summed E-state index contributed by atoms with van der Waals surface area (Å²) in [6.07, 6.45) is 2.36. The van der Waals surface area contributed by atoms with Crippen LogP contribution in [0.25, 0.3) is 0 Å². The summed E-state index contributed by atoms with van der Waals surface area (Å²) in [6, 6.07) is 0.398. The Balaban J connectivity index is 2.63. The first-order valence-electron chi connectivity index (χ1n) is 2.53. The average molecular weight is 85.0 g/mol. The zero-order chi connectivity index (χ0) is 4.99. The maximum absolute atomic E-state index is 5.40. The summed E-state index contributed by atoms with van der Waals surface area (Å²) in [5, 5.41) is 0. The molecular formula is C4H12BN. The number of hydrogen-bond donors (Lipinski definition) is 1. The van der Waals surface area contributed by atoms with Crippen molar-refractivity contribution in [3.05, 3.63) is 0 Å². The SMILES string of the molecule is BCCC(C)N. The van der Waals surface area contributed by atoms with E-state index in [4.69, 9.17) is 5.73 Å². The molecule has 0 aliphatic heterocycles. The summed E-state index contributed by atoms with van der Waals surface area (Å²) in [4.78, 5) is 0. The Morgan fingerprint density at radius 3 is 2.33 bits per heavy atom. The van der Waals surface area contributed by atoms with Gasteiger partial charge in [0.2, 0.25) is 0 Å². The van der Waals surface area contributed by atoms with E-state index in [1.807, 2.05) is 6.92 Å². The van der Waals surface area contributed by atoms with Crippen LogP contribution in [-0.4, -0.2) is 13.9 Å². The van der Waals surface area contributed by atoms with Gasteiger partial charge in [-0.2, -0.15) is 0 Å². The van der Waals surface area contributed by atoms with E-state index < -0.39 is 0 Å². The van der Waals surface area contributed by atoms with Gasteiger partial charge in [0, 0.05) is 6.04 Å². The van der Waals surface area contributed by atoms with Gasteiger partial charge in [0.15, 0.2) is 0 Å². The van der Waals surface area contributed by atoms with Crippen molar-refractivity contribution in [2.45, 2.75) is 25.7 Å². The second kappa shape index (κ2) is 3.22. The molecule has 0 aliphatic rings. The lowest BCUT2D eigenvalue weighted by Gasteiger charge is -1.96. The lowest BCUT2D eigenvalue weighted by atomic mass is 9.99. The molecule has 0 spiro atoms. The van der Waals surface area contributed by atoms with Gasteiger partial charge in [-0.05, 0) is 6.42 Å². The molecule has 0 heterocycles. The predicted molar refractivity (Wildman–Crippen MR) is 31.6 cm³/mol. The topological polar surface area (TPSA) is 26.0 Å². The zero-order valence-electron chi connectivity index (χ0n) is 4.57. The molecule has 36 valence electrons. The van der Waals surface area contributed by atoms with E-state index in [0.717, 1.165) is 6.42 Å². The van der Waals surface area contributed by atoms with Crippen molar-refractivity contribution in [3.63, 3.8) is 0 Å². The Morgan fingerprint density at radius 2 is 2.33 bits per heavy atom. The molecule has 0 fully saturated rings. The molecule has 0 saturated heterocycles. The monoisotopic (exact) mass is 85.1 g/mol. The summed E-state index contributed by atoms with van der Waals surface area (Å²) >= 11 is 0. The Hall–Kier alpha value is 0.0249. The van der Waals surface area contributed by atoms with Gasteiger partial charge >= 0.3 is 0 Å². The summed E-state index contributed by atoms with van der Waals surface area (Å²) in [5.41, 5.74) is 5.40. The minimum absolute atomic E-state index is 0.398. The van der Waals surface area contributed by atoms with Gasteiger partial charge in [0.05, 0.1) is 0 Å². The Labute approximate surface area is 40.3 Å². The Morgan fingerprint density at radius 1 is 1.83 bits per heavy atom. The fourth-order valence-electron chi connectivity index (χ4n) is 0.455. The zero-order valence-corrected chi connectivity index (χ0v) is 4.57. The maximum atomic E-state index is 5.40. The van der Waals surface area contributed by atoms with Crippen molar-refractivity contribution in [1.29, 1.82) is 0 Å². The van der Waals surface area contributed by atoms with Gasteiger partial charge in [-0.15, -0.1) is 0 Å². The van der Waals surface area contributed by atoms with Crippen LogP contribution in [0.15, 0.2) is 0 Å². The van der Waals surface area contributed by atoms with E-state index in [2.05, 4.69) is 7.85 Å². The highest BCUT2D eigenvalue weighted by molar-refractivity contribution is 6.08. The van der Waals surface area contributed by atoms with Gasteiger partial charge in [0.25, 0.3) is 0 Å². The van der Waals surface area contributed by atoms with Crippen molar-refractivity contribution in [1.82, 2.24) is 0 Å². The molecule has 0 rings (SSSR count). The van der Waals surface area contributed by atoms with Crippen LogP contribution in [0.5, 0.6) is 0 Å². The van der Waals surface area contributed by atoms with Crippen molar-refractivity contribution >= 4 is 7.85 Å². The van der Waals surface area contributed by atoms with E-state index in [1.165, 1.54) is 6.32 Å². The largest absolute Gasteiger partial charge is 0.328 e. The van der Waals surface area contributed by atoms with Gasteiger partial charge in [-0.25, -0.2) is 0 Å². The molecule has 0 aromatic rings. The first-order valence-corrected chi connectivity index (χ1v) is 2.53. The van der Waals surface area contributed by atoms with Crippen LogP contribution in [0, 0.1) is 0 Å². The standard InChI is InChI=1S/C4H12BN/c1-4(6)2-3-5/h4H,2-3,5-6H2,1H3. The third-order valence-corrected chi connectivity index (χ3v) is 0.744. The minimum Gasteiger partial charge on any atom is -0.328 e. The van der Waals surface area contributed by atoms with Gasteiger partial charge < -0.3 is 5.73 Å². The lowest BCUT2D eigenvalue weighted by Crippen LogP contribution is -2.13. The summed E-state index contributed by atoms with van der Waals surface area (Å²) in [6.45, 7) is 2.03. The van der Waals surface area contributed by atoms with Gasteiger partial charge in [0.1, 0.15) is 7.85 Å². The molecule has 2 heteroatoms. The van der Waals surface area contributed by atoms with E-state index in [0.29, 0.717) is 6.04 Å². The predicted octanol–water partition coefficient (Wildman–Crippen LogP) is -0.225. The molecule has 0 amide bonds. The minimum atomic E-state index is 0.398. The lowest BCUT2D eigenvalue weighted by molar-refractivity contribution is 0.714.